The largest absolute Gasteiger partial charge is 0.466 e. The Morgan fingerprint density at radius 1 is 1.56 bits per heavy atom. The monoisotopic (exact) mass is 129 g/mol. The molecule has 0 aliphatic rings. The molecular formula is C5H11N3O. The number of aliphatic imine (C=N–C) groups is 1. The molecule has 0 atom stereocenters. The van der Waals surface area contributed by atoms with Crippen molar-refractivity contribution in [3.05, 3.63) is 0 Å². The third-order valence-electron chi connectivity index (χ3n) is 0.603. The highest BCUT2D eigenvalue weighted by Crippen LogP contribution is 1.82. The minimum atomic E-state index is 0.278. The van der Waals surface area contributed by atoms with Crippen molar-refractivity contribution in [3.8, 4) is 0 Å². The maximum absolute atomic E-state index is 4.69. The Morgan fingerprint density at radius 2 is 2.11 bits per heavy atom. The van der Waals surface area contributed by atoms with Gasteiger partial charge in [0, 0.05) is 14.1 Å². The van der Waals surface area contributed by atoms with Gasteiger partial charge in [0.05, 0.1) is 7.11 Å². The van der Waals surface area contributed by atoms with Gasteiger partial charge in [-0.2, -0.15) is 0 Å². The molecule has 0 saturated carbocycles. The average molecular weight is 129 g/mol. The Balaban J connectivity index is 3.90. The van der Waals surface area contributed by atoms with Crippen LogP contribution in [0.4, 0.5) is 0 Å². The molecule has 52 valence electrons. The number of rotatable bonds is 1. The predicted molar refractivity (Wildman–Crippen MR) is 37.7 cm³/mol. The molecule has 0 unspecified atom stereocenters. The molecule has 4 nitrogen and oxygen atoms in total. The molecule has 0 N–H and O–H groups in total. The van der Waals surface area contributed by atoms with E-state index < -0.39 is 0 Å². The molecule has 0 aromatic carbocycles. The first-order valence-corrected chi connectivity index (χ1v) is 2.47. The van der Waals surface area contributed by atoms with Crippen molar-refractivity contribution in [2.24, 2.45) is 10.1 Å². The summed E-state index contributed by atoms with van der Waals surface area (Å²) in [5, 5.41) is 5.40. The van der Waals surface area contributed by atoms with Gasteiger partial charge in [0.25, 0.3) is 0 Å². The van der Waals surface area contributed by atoms with Gasteiger partial charge in [-0.05, 0) is 6.72 Å². The molecule has 0 radical (unpaired) electrons. The number of hydrogen-bond donors (Lipinski definition) is 0. The van der Waals surface area contributed by atoms with Crippen molar-refractivity contribution >= 4 is 12.7 Å². The summed E-state index contributed by atoms with van der Waals surface area (Å²) in [5.41, 5.74) is 0. The lowest BCUT2D eigenvalue weighted by Gasteiger charge is -2.03. The summed E-state index contributed by atoms with van der Waals surface area (Å²) >= 11 is 0. The fourth-order valence-corrected chi connectivity index (χ4v) is 0.308. The first-order chi connectivity index (χ1) is 4.20. The van der Waals surface area contributed by atoms with Crippen LogP contribution in [0.5, 0.6) is 0 Å². The molecule has 0 rings (SSSR count). The molecule has 0 aliphatic carbocycles. The molecule has 0 amide bonds. The Bertz CT molecular complexity index is 119. The van der Waals surface area contributed by atoms with Crippen LogP contribution in [0.25, 0.3) is 0 Å². The molecular weight excluding hydrogens is 118 g/mol. The van der Waals surface area contributed by atoms with Crippen molar-refractivity contribution in [3.63, 3.8) is 0 Å². The van der Waals surface area contributed by atoms with Gasteiger partial charge in [0.15, 0.2) is 0 Å². The third kappa shape index (κ3) is 3.52. The average Bonchev–Trinajstić information content (AvgIpc) is 1.82. The van der Waals surface area contributed by atoms with Crippen molar-refractivity contribution in [2.75, 3.05) is 21.2 Å². The first-order valence-electron chi connectivity index (χ1n) is 2.47. The van der Waals surface area contributed by atoms with E-state index in [4.69, 9.17) is 0 Å². The summed E-state index contributed by atoms with van der Waals surface area (Å²) in [6.45, 7) is 3.25. The molecule has 0 spiro atoms. The van der Waals surface area contributed by atoms with Crippen LogP contribution >= 0.6 is 0 Å². The second-order valence-electron chi connectivity index (χ2n) is 1.59. The number of ether oxygens (including phenoxy) is 1. The van der Waals surface area contributed by atoms with Crippen molar-refractivity contribution in [2.45, 2.75) is 0 Å². The smallest absolute Gasteiger partial charge is 0.332 e. The first kappa shape index (κ1) is 7.94. The molecule has 0 aromatic rings. The van der Waals surface area contributed by atoms with Crippen LogP contribution in [0.3, 0.4) is 0 Å². The lowest BCUT2D eigenvalue weighted by atomic mass is 11.1. The van der Waals surface area contributed by atoms with Crippen LogP contribution in [0.2, 0.25) is 0 Å². The van der Waals surface area contributed by atoms with Crippen LogP contribution in [-0.4, -0.2) is 39.0 Å². The summed E-state index contributed by atoms with van der Waals surface area (Å²) in [7, 11) is 5.06. The van der Waals surface area contributed by atoms with Crippen molar-refractivity contribution in [1.82, 2.24) is 5.01 Å². The van der Waals surface area contributed by atoms with Gasteiger partial charge in [0.2, 0.25) is 0 Å². The zero-order chi connectivity index (χ0) is 7.28. The van der Waals surface area contributed by atoms with Crippen LogP contribution in [0.1, 0.15) is 0 Å². The molecule has 0 heterocycles. The van der Waals surface area contributed by atoms with Crippen LogP contribution < -0.4 is 0 Å². The number of amidine groups is 1. The molecule has 9 heavy (non-hydrogen) atoms. The molecule has 4 heteroatoms. The lowest BCUT2D eigenvalue weighted by Crippen LogP contribution is -2.08. The third-order valence-corrected chi connectivity index (χ3v) is 0.603. The van der Waals surface area contributed by atoms with Crippen LogP contribution in [0.15, 0.2) is 10.1 Å². The topological polar surface area (TPSA) is 37.2 Å². The Kier molecular flexibility index (Phi) is 3.43. The summed E-state index contributed by atoms with van der Waals surface area (Å²) in [6.07, 6.45) is 0. The van der Waals surface area contributed by atoms with E-state index in [2.05, 4.69) is 21.5 Å². The van der Waals surface area contributed by atoms with E-state index in [0.29, 0.717) is 0 Å². The highest BCUT2D eigenvalue weighted by molar-refractivity contribution is 5.77. The highest BCUT2D eigenvalue weighted by atomic mass is 16.5. The van der Waals surface area contributed by atoms with Gasteiger partial charge < -0.3 is 4.74 Å². The summed E-state index contributed by atoms with van der Waals surface area (Å²) in [5.74, 6) is 0. The second kappa shape index (κ2) is 3.88. The molecule has 0 aliphatic heterocycles. The van der Waals surface area contributed by atoms with E-state index in [-0.39, 0.29) is 6.02 Å². The molecule has 0 bridgehead atoms. The Morgan fingerprint density at radius 3 is 2.22 bits per heavy atom. The Hall–Kier alpha value is -1.06. The number of hydrazone groups is 1. The van der Waals surface area contributed by atoms with Gasteiger partial charge in [0.1, 0.15) is 0 Å². The van der Waals surface area contributed by atoms with Gasteiger partial charge in [-0.25, -0.2) is 4.99 Å². The van der Waals surface area contributed by atoms with E-state index in [9.17, 15) is 0 Å². The standard InChI is InChI=1S/C5H11N3O/c1-6-5(9-4)7-8(2)3/h1H2,2-4H3/b7-5+. The summed E-state index contributed by atoms with van der Waals surface area (Å²) < 4.78 is 4.69. The fraction of sp³-hybridized carbons (Fsp3) is 0.600. The summed E-state index contributed by atoms with van der Waals surface area (Å²) in [6, 6.07) is 0.278. The van der Waals surface area contributed by atoms with Gasteiger partial charge in [-0.1, -0.05) is 0 Å². The quantitative estimate of drug-likeness (QED) is 0.287. The minimum Gasteiger partial charge on any atom is -0.466 e. The highest BCUT2D eigenvalue weighted by Gasteiger charge is 1.89. The van der Waals surface area contributed by atoms with Crippen molar-refractivity contribution in [1.29, 1.82) is 0 Å². The molecule has 0 fully saturated rings. The van der Waals surface area contributed by atoms with Crippen LogP contribution in [-0.2, 0) is 4.74 Å². The molecule has 0 aromatic heterocycles. The van der Waals surface area contributed by atoms with E-state index in [0.717, 1.165) is 0 Å². The number of methoxy groups -OCH3 is 1. The second-order valence-corrected chi connectivity index (χ2v) is 1.59. The van der Waals surface area contributed by atoms with E-state index in [1.807, 2.05) is 0 Å². The SMILES string of the molecule is C=N/C(=N\N(C)C)OC. The zero-order valence-electron chi connectivity index (χ0n) is 5.96. The van der Waals surface area contributed by atoms with Gasteiger partial charge >= 0.3 is 6.02 Å². The lowest BCUT2D eigenvalue weighted by molar-refractivity contribution is 0.356. The zero-order valence-corrected chi connectivity index (χ0v) is 5.96. The van der Waals surface area contributed by atoms with E-state index in [1.165, 1.54) is 7.11 Å². The predicted octanol–water partition coefficient (Wildman–Crippen LogP) is 0.166. The minimum absolute atomic E-state index is 0.278. The number of nitrogens with zero attached hydrogens (tertiary/aromatic N) is 3. The van der Waals surface area contributed by atoms with Crippen LogP contribution in [0, 0.1) is 0 Å². The maximum Gasteiger partial charge on any atom is 0.332 e. The fourth-order valence-electron chi connectivity index (χ4n) is 0.308. The van der Waals surface area contributed by atoms with Gasteiger partial charge in [-0.3, -0.25) is 5.01 Å². The number of hydrogen-bond acceptors (Lipinski definition) is 3. The Labute approximate surface area is 54.8 Å². The maximum atomic E-state index is 4.69. The van der Waals surface area contributed by atoms with E-state index in [1.54, 1.807) is 19.1 Å². The van der Waals surface area contributed by atoms with Crippen molar-refractivity contribution < 1.29 is 4.74 Å². The van der Waals surface area contributed by atoms with Gasteiger partial charge in [-0.15, -0.1) is 5.10 Å². The summed E-state index contributed by atoms with van der Waals surface area (Å²) in [4.78, 5) is 3.48. The van der Waals surface area contributed by atoms with E-state index >= 15 is 0 Å². The molecule has 0 saturated heterocycles. The normalized spacial score (nSPS) is 10.8.